The number of rotatable bonds is 4. The van der Waals surface area contributed by atoms with Crippen LogP contribution in [-0.4, -0.2) is 30.6 Å². The van der Waals surface area contributed by atoms with Gasteiger partial charge in [-0.1, -0.05) is 0 Å². The van der Waals surface area contributed by atoms with E-state index in [2.05, 4.69) is 20.5 Å². The van der Waals surface area contributed by atoms with E-state index in [9.17, 15) is 8.78 Å². The van der Waals surface area contributed by atoms with Crippen LogP contribution in [-0.2, 0) is 19.5 Å². The van der Waals surface area contributed by atoms with Gasteiger partial charge in [-0.15, -0.1) is 0 Å². The molecule has 1 unspecified atom stereocenters. The van der Waals surface area contributed by atoms with E-state index in [0.29, 0.717) is 12.6 Å². The first-order valence-electron chi connectivity index (χ1n) is 9.06. The highest BCUT2D eigenvalue weighted by Crippen LogP contribution is 2.21. The minimum atomic E-state index is -0.624. The summed E-state index contributed by atoms with van der Waals surface area (Å²) in [5, 5.41) is 12.5. The van der Waals surface area contributed by atoms with Crippen molar-refractivity contribution in [3.8, 4) is 5.69 Å². The molecular weight excluding hydrogens is 350 g/mol. The summed E-state index contributed by atoms with van der Waals surface area (Å²) in [4.78, 5) is 4.43. The number of aryl methyl sites for hydroxylation is 3. The normalized spacial score (nSPS) is 16.6. The first-order chi connectivity index (χ1) is 12.9. The van der Waals surface area contributed by atoms with Crippen molar-refractivity contribution >= 4 is 0 Å². The predicted molar refractivity (Wildman–Crippen MR) is 96.7 cm³/mol. The lowest BCUT2D eigenvalue weighted by Crippen LogP contribution is -2.37. The van der Waals surface area contributed by atoms with Crippen molar-refractivity contribution in [1.82, 2.24) is 29.9 Å². The van der Waals surface area contributed by atoms with Crippen LogP contribution >= 0.6 is 0 Å². The molecule has 0 saturated carbocycles. The number of nitrogens with one attached hydrogen (secondary N) is 1. The van der Waals surface area contributed by atoms with Crippen LogP contribution in [0.5, 0.6) is 0 Å². The lowest BCUT2D eigenvalue weighted by atomic mass is 10.1. The number of fused-ring (bicyclic) bond motifs is 1. The van der Waals surface area contributed by atoms with Crippen LogP contribution in [0.4, 0.5) is 8.78 Å². The fourth-order valence-corrected chi connectivity index (χ4v) is 3.67. The Hall–Kier alpha value is -2.61. The zero-order valence-corrected chi connectivity index (χ0v) is 15.6. The topological polar surface area (TPSA) is 60.6 Å². The average Bonchev–Trinajstić information content (AvgIpc) is 3.11. The van der Waals surface area contributed by atoms with Crippen molar-refractivity contribution in [1.29, 1.82) is 0 Å². The van der Waals surface area contributed by atoms with Crippen LogP contribution in [0.2, 0.25) is 0 Å². The molecule has 3 heterocycles. The highest BCUT2D eigenvalue weighted by Gasteiger charge is 2.22. The molecule has 0 bridgehead atoms. The number of benzene rings is 1. The van der Waals surface area contributed by atoms with Gasteiger partial charge in [0.25, 0.3) is 0 Å². The van der Waals surface area contributed by atoms with E-state index >= 15 is 0 Å². The van der Waals surface area contributed by atoms with Crippen molar-refractivity contribution in [2.24, 2.45) is 0 Å². The van der Waals surface area contributed by atoms with Gasteiger partial charge < -0.3 is 5.32 Å². The summed E-state index contributed by atoms with van der Waals surface area (Å²) >= 11 is 0. The van der Waals surface area contributed by atoms with Gasteiger partial charge in [-0.3, -0.25) is 0 Å². The summed E-state index contributed by atoms with van der Waals surface area (Å²) in [7, 11) is 0. The first-order valence-corrected chi connectivity index (χ1v) is 9.06. The summed E-state index contributed by atoms with van der Waals surface area (Å²) in [6.45, 7) is 7.13. The Bertz CT molecular complexity index is 990. The maximum atomic E-state index is 14.1. The molecule has 6 nitrogen and oxygen atoms in total. The van der Waals surface area contributed by atoms with E-state index in [1.54, 1.807) is 4.68 Å². The molecule has 1 N–H and O–H groups in total. The number of hydrogen-bond acceptors (Lipinski definition) is 4. The molecule has 0 aliphatic carbocycles. The zero-order valence-electron chi connectivity index (χ0n) is 15.6. The molecule has 2 aromatic heterocycles. The minimum absolute atomic E-state index is 0.253. The summed E-state index contributed by atoms with van der Waals surface area (Å²) in [6, 6.07) is 3.83. The highest BCUT2D eigenvalue weighted by atomic mass is 19.1. The van der Waals surface area contributed by atoms with Gasteiger partial charge in [0.15, 0.2) is 5.82 Å². The first kappa shape index (κ1) is 17.8. The Labute approximate surface area is 156 Å². The largest absolute Gasteiger partial charge is 0.308 e. The SMILES string of the molecule is Cc1nc2n(n1)CC(NCc1c(C)nn(-c3ccc(F)cc3F)c1C)CC2. The van der Waals surface area contributed by atoms with Gasteiger partial charge in [-0.25, -0.2) is 23.1 Å². The molecule has 4 rings (SSSR count). The van der Waals surface area contributed by atoms with E-state index in [0.717, 1.165) is 54.1 Å². The lowest BCUT2D eigenvalue weighted by molar-refractivity contribution is 0.357. The molecule has 1 atom stereocenters. The van der Waals surface area contributed by atoms with Crippen LogP contribution in [0.3, 0.4) is 0 Å². The molecule has 1 aliphatic heterocycles. The van der Waals surface area contributed by atoms with E-state index in [-0.39, 0.29) is 5.69 Å². The highest BCUT2D eigenvalue weighted by molar-refractivity contribution is 5.38. The quantitative estimate of drug-likeness (QED) is 0.765. The minimum Gasteiger partial charge on any atom is -0.308 e. The summed E-state index contributed by atoms with van der Waals surface area (Å²) < 4.78 is 30.8. The second-order valence-electron chi connectivity index (χ2n) is 7.03. The fourth-order valence-electron chi connectivity index (χ4n) is 3.67. The van der Waals surface area contributed by atoms with Crippen LogP contribution in [0, 0.1) is 32.4 Å². The molecule has 0 saturated heterocycles. The van der Waals surface area contributed by atoms with Gasteiger partial charge in [0.05, 0.1) is 12.2 Å². The molecule has 142 valence electrons. The number of halogens is 2. The van der Waals surface area contributed by atoms with Crippen LogP contribution in [0.25, 0.3) is 5.69 Å². The fraction of sp³-hybridized carbons (Fsp3) is 0.421. The average molecular weight is 372 g/mol. The smallest absolute Gasteiger partial charge is 0.151 e. The van der Waals surface area contributed by atoms with Crippen molar-refractivity contribution < 1.29 is 8.78 Å². The number of hydrogen-bond donors (Lipinski definition) is 1. The molecule has 0 spiro atoms. The Kier molecular flexibility index (Phi) is 4.51. The van der Waals surface area contributed by atoms with E-state index in [1.165, 1.54) is 12.1 Å². The Morgan fingerprint density at radius 1 is 1.19 bits per heavy atom. The molecule has 27 heavy (non-hydrogen) atoms. The monoisotopic (exact) mass is 372 g/mol. The van der Waals surface area contributed by atoms with Crippen LogP contribution in [0.15, 0.2) is 18.2 Å². The molecule has 3 aromatic rings. The van der Waals surface area contributed by atoms with Gasteiger partial charge in [-0.05, 0) is 39.3 Å². The van der Waals surface area contributed by atoms with Crippen LogP contribution in [0.1, 0.15) is 35.0 Å². The third-order valence-corrected chi connectivity index (χ3v) is 5.11. The summed E-state index contributed by atoms with van der Waals surface area (Å²) in [5.74, 6) is 0.624. The summed E-state index contributed by atoms with van der Waals surface area (Å²) in [5.41, 5.74) is 2.96. The molecule has 8 heteroatoms. The third kappa shape index (κ3) is 3.37. The molecule has 1 aliphatic rings. The van der Waals surface area contributed by atoms with E-state index in [4.69, 9.17) is 0 Å². The number of nitrogens with zero attached hydrogens (tertiary/aromatic N) is 5. The van der Waals surface area contributed by atoms with Gasteiger partial charge in [0.2, 0.25) is 0 Å². The van der Waals surface area contributed by atoms with Gasteiger partial charge >= 0.3 is 0 Å². The number of aromatic nitrogens is 5. The van der Waals surface area contributed by atoms with E-state index < -0.39 is 11.6 Å². The van der Waals surface area contributed by atoms with Crippen molar-refractivity contribution in [3.05, 3.63) is 58.4 Å². The lowest BCUT2D eigenvalue weighted by Gasteiger charge is -2.23. The molecular formula is C19H22F2N6. The predicted octanol–water partition coefficient (Wildman–Crippen LogP) is 2.77. The second-order valence-corrected chi connectivity index (χ2v) is 7.03. The Morgan fingerprint density at radius 3 is 2.78 bits per heavy atom. The molecule has 1 aromatic carbocycles. The summed E-state index contributed by atoms with van der Waals surface area (Å²) in [6.07, 6.45) is 1.90. The van der Waals surface area contributed by atoms with Gasteiger partial charge in [0.1, 0.15) is 23.2 Å². The maximum Gasteiger partial charge on any atom is 0.151 e. The maximum absolute atomic E-state index is 14.1. The zero-order chi connectivity index (χ0) is 19.1. The Balaban J connectivity index is 1.51. The van der Waals surface area contributed by atoms with Crippen molar-refractivity contribution in [3.63, 3.8) is 0 Å². The van der Waals surface area contributed by atoms with Crippen molar-refractivity contribution in [2.75, 3.05) is 0 Å². The van der Waals surface area contributed by atoms with Gasteiger partial charge in [0, 0.05) is 36.3 Å². The van der Waals surface area contributed by atoms with Gasteiger partial charge in [-0.2, -0.15) is 10.2 Å². The molecule has 0 amide bonds. The van der Waals surface area contributed by atoms with E-state index in [1.807, 2.05) is 25.5 Å². The van der Waals surface area contributed by atoms with Crippen LogP contribution < -0.4 is 5.32 Å². The Morgan fingerprint density at radius 2 is 2.00 bits per heavy atom. The molecule has 0 radical (unpaired) electrons. The standard InChI is InChI=1S/C19H22F2N6/c1-11-16(9-22-15-5-7-19-23-13(3)25-26(19)10-15)12(2)27(24-11)18-6-4-14(20)8-17(18)21/h4,6,8,15,22H,5,7,9-10H2,1-3H3. The molecule has 0 fully saturated rings. The second kappa shape index (κ2) is 6.84. The third-order valence-electron chi connectivity index (χ3n) is 5.11. The van der Waals surface area contributed by atoms with Crippen molar-refractivity contribution in [2.45, 2.75) is 52.7 Å².